The van der Waals surface area contributed by atoms with Gasteiger partial charge in [0.1, 0.15) is 18.8 Å². The Morgan fingerprint density at radius 2 is 1.16 bits per heavy atom. The number of fused-ring (bicyclic) bond motifs is 3. The van der Waals surface area contributed by atoms with E-state index >= 15 is 0 Å². The number of aliphatic hydroxyl groups is 1. The smallest absolute Gasteiger partial charge is 0.305 e. The molecule has 50 heavy (non-hydrogen) atoms. The van der Waals surface area contributed by atoms with E-state index in [-0.39, 0.29) is 18.2 Å². The third kappa shape index (κ3) is 13.6. The highest BCUT2D eigenvalue weighted by Crippen LogP contribution is 2.63. The number of carbonyl (C=O) groups is 1. The molecule has 0 bridgehead atoms. The number of unbranched alkanes of at least 4 members (excludes halogenated alkanes) is 12. The number of aliphatic hydroxyl groups excluding tert-OH is 1. The molecule has 6 nitrogen and oxygen atoms in total. The van der Waals surface area contributed by atoms with Crippen LogP contribution in [0.15, 0.2) is 0 Å². The average molecular weight is 703 g/mol. The van der Waals surface area contributed by atoms with Crippen molar-refractivity contribution in [1.82, 2.24) is 0 Å². The number of hydrogen-bond donors (Lipinski definition) is 1. The number of ether oxygens (including phenoxy) is 4. The van der Waals surface area contributed by atoms with Crippen molar-refractivity contribution in [2.45, 2.75) is 199 Å². The maximum atomic E-state index is 12.0. The highest BCUT2D eigenvalue weighted by Gasteiger charge is 2.55. The molecule has 0 aromatic heterocycles. The second-order valence-corrected chi connectivity index (χ2v) is 17.6. The molecule has 11 unspecified atom stereocenters. The zero-order chi connectivity index (χ0) is 35.0. The second kappa shape index (κ2) is 22.5. The summed E-state index contributed by atoms with van der Waals surface area (Å²) in [4.78, 5) is 12.0. The fourth-order valence-corrected chi connectivity index (χ4v) is 10.8. The summed E-state index contributed by atoms with van der Waals surface area (Å²) in [6, 6.07) is 0. The molecule has 3 aliphatic carbocycles. The van der Waals surface area contributed by atoms with Gasteiger partial charge in [0.05, 0.1) is 19.8 Å². The zero-order valence-electron chi connectivity index (χ0n) is 32.6. The van der Waals surface area contributed by atoms with Crippen LogP contribution < -0.4 is 0 Å². The van der Waals surface area contributed by atoms with Crippen LogP contribution in [0.1, 0.15) is 181 Å². The predicted octanol–water partition coefficient (Wildman–Crippen LogP) is 10.8. The highest BCUT2D eigenvalue weighted by atomic mass is 16.6. The third-order valence-corrected chi connectivity index (χ3v) is 13.9. The molecule has 0 amide bonds. The maximum Gasteiger partial charge on any atom is 0.305 e. The summed E-state index contributed by atoms with van der Waals surface area (Å²) in [5.41, 5.74) is 0. The SMILES string of the molecule is CCCCCCC1CC2C(CCCCCCCC(=O)OCC3CO3)C(CCCCCCCC(O)OCC3CO3)C3CCC3C2CC1CCCC. The number of carbonyl (C=O) groups excluding carboxylic acids is 1. The Bertz CT molecular complexity index is 918. The molecule has 0 aromatic carbocycles. The molecule has 290 valence electrons. The number of hydrogen-bond acceptors (Lipinski definition) is 6. The quantitative estimate of drug-likeness (QED) is 0.0362. The van der Waals surface area contributed by atoms with Crippen LogP contribution in [0.4, 0.5) is 0 Å². The van der Waals surface area contributed by atoms with Gasteiger partial charge in [-0.25, -0.2) is 0 Å². The van der Waals surface area contributed by atoms with E-state index < -0.39 is 6.29 Å². The van der Waals surface area contributed by atoms with Crippen LogP contribution in [-0.4, -0.2) is 56.0 Å². The lowest BCUT2D eigenvalue weighted by molar-refractivity contribution is -0.144. The molecule has 0 aromatic rings. The number of epoxide rings is 2. The van der Waals surface area contributed by atoms with Crippen LogP contribution in [0.3, 0.4) is 0 Å². The van der Waals surface area contributed by atoms with Crippen LogP contribution in [0.2, 0.25) is 0 Å². The molecule has 11 atom stereocenters. The van der Waals surface area contributed by atoms with E-state index in [4.69, 9.17) is 18.9 Å². The second-order valence-electron chi connectivity index (χ2n) is 17.6. The normalized spacial score (nSPS) is 33.3. The van der Waals surface area contributed by atoms with E-state index in [1.54, 1.807) is 12.8 Å². The summed E-state index contributed by atoms with van der Waals surface area (Å²) >= 11 is 0. The van der Waals surface area contributed by atoms with Gasteiger partial charge in [-0.3, -0.25) is 4.79 Å². The van der Waals surface area contributed by atoms with Crippen molar-refractivity contribution in [3.05, 3.63) is 0 Å². The van der Waals surface area contributed by atoms with Crippen molar-refractivity contribution in [1.29, 1.82) is 0 Å². The van der Waals surface area contributed by atoms with E-state index in [0.717, 1.165) is 86.2 Å². The van der Waals surface area contributed by atoms with Gasteiger partial charge < -0.3 is 24.1 Å². The molecule has 5 fully saturated rings. The van der Waals surface area contributed by atoms with Gasteiger partial charge in [0.25, 0.3) is 0 Å². The van der Waals surface area contributed by atoms with Gasteiger partial charge in [-0.05, 0) is 105 Å². The van der Waals surface area contributed by atoms with Crippen LogP contribution >= 0.6 is 0 Å². The summed E-state index contributed by atoms with van der Waals surface area (Å²) in [7, 11) is 0. The van der Waals surface area contributed by atoms with Crippen LogP contribution in [0, 0.1) is 47.3 Å². The van der Waals surface area contributed by atoms with Crippen molar-refractivity contribution < 1.29 is 28.8 Å². The Labute approximate surface area is 307 Å². The molecule has 2 aliphatic heterocycles. The molecule has 6 heteroatoms. The van der Waals surface area contributed by atoms with Crippen LogP contribution in [-0.2, 0) is 23.7 Å². The van der Waals surface area contributed by atoms with Gasteiger partial charge in [0.15, 0.2) is 6.29 Å². The molecule has 0 radical (unpaired) electrons. The summed E-state index contributed by atoms with van der Waals surface area (Å²) in [6.07, 6.45) is 33.9. The van der Waals surface area contributed by atoms with Gasteiger partial charge >= 0.3 is 5.97 Å². The first-order valence-electron chi connectivity index (χ1n) is 22.3. The topological polar surface area (TPSA) is 80.8 Å². The fourth-order valence-electron chi connectivity index (χ4n) is 10.8. The lowest BCUT2D eigenvalue weighted by Crippen LogP contribution is -2.54. The van der Waals surface area contributed by atoms with Gasteiger partial charge in [0, 0.05) is 6.42 Å². The van der Waals surface area contributed by atoms with Crippen molar-refractivity contribution in [3.63, 3.8) is 0 Å². The van der Waals surface area contributed by atoms with Crippen molar-refractivity contribution in [3.8, 4) is 0 Å². The molecule has 0 spiro atoms. The van der Waals surface area contributed by atoms with Gasteiger partial charge in [0.2, 0.25) is 0 Å². The minimum Gasteiger partial charge on any atom is -0.463 e. The van der Waals surface area contributed by atoms with Crippen molar-refractivity contribution >= 4 is 5.97 Å². The summed E-state index contributed by atoms with van der Waals surface area (Å²) in [5.74, 6) is 7.83. The lowest BCUT2D eigenvalue weighted by atomic mass is 9.44. The van der Waals surface area contributed by atoms with E-state index in [9.17, 15) is 9.90 Å². The van der Waals surface area contributed by atoms with E-state index in [0.29, 0.717) is 19.6 Å². The number of rotatable bonds is 29. The monoisotopic (exact) mass is 703 g/mol. The molecule has 2 heterocycles. The summed E-state index contributed by atoms with van der Waals surface area (Å²) in [6.45, 7) is 7.26. The molecule has 1 N–H and O–H groups in total. The largest absolute Gasteiger partial charge is 0.463 e. The fraction of sp³-hybridized carbons (Fsp3) is 0.977. The molecule has 2 saturated heterocycles. The average Bonchev–Trinajstić information content (AvgIpc) is 4.04. The third-order valence-electron chi connectivity index (χ3n) is 13.9. The highest BCUT2D eigenvalue weighted by molar-refractivity contribution is 5.69. The standard InChI is InChI=1S/C44H78O6/c1-3-5-7-14-20-34-28-41-38(22-16-11-9-13-18-24-44(46)50-32-36-30-48-36)37(39-25-26-40(39)42(41)27-33(34)19-6-4-2)21-15-10-8-12-17-23-43(45)49-31-35-29-47-35/h33-43,45H,3-32H2,1-2H3. The maximum absolute atomic E-state index is 12.0. The number of esters is 1. The lowest BCUT2D eigenvalue weighted by Gasteiger charge is -2.61. The Kier molecular flexibility index (Phi) is 18.2. The molecular formula is C44H78O6. The first-order chi connectivity index (χ1) is 24.6. The Hall–Kier alpha value is -0.690. The van der Waals surface area contributed by atoms with Gasteiger partial charge in [-0.1, -0.05) is 117 Å². The van der Waals surface area contributed by atoms with E-state index in [1.165, 1.54) is 122 Å². The van der Waals surface area contributed by atoms with Crippen LogP contribution in [0.25, 0.3) is 0 Å². The van der Waals surface area contributed by atoms with Crippen LogP contribution in [0.5, 0.6) is 0 Å². The molecular weight excluding hydrogens is 624 g/mol. The van der Waals surface area contributed by atoms with Gasteiger partial charge in [-0.15, -0.1) is 0 Å². The van der Waals surface area contributed by atoms with Crippen molar-refractivity contribution in [2.75, 3.05) is 26.4 Å². The van der Waals surface area contributed by atoms with Crippen molar-refractivity contribution in [2.24, 2.45) is 47.3 Å². The zero-order valence-corrected chi connectivity index (χ0v) is 32.6. The first-order valence-corrected chi connectivity index (χ1v) is 22.3. The minimum absolute atomic E-state index is 0.0450. The first kappa shape index (κ1) is 40.5. The predicted molar refractivity (Wildman–Crippen MR) is 202 cm³/mol. The minimum atomic E-state index is -0.623. The Balaban J connectivity index is 1.10. The van der Waals surface area contributed by atoms with E-state index in [2.05, 4.69) is 13.8 Å². The molecule has 3 saturated carbocycles. The van der Waals surface area contributed by atoms with E-state index in [1.807, 2.05) is 0 Å². The molecule has 5 rings (SSSR count). The summed E-state index contributed by atoms with van der Waals surface area (Å²) < 4.78 is 21.2. The molecule has 5 aliphatic rings. The Morgan fingerprint density at radius 1 is 0.620 bits per heavy atom. The van der Waals surface area contributed by atoms with Gasteiger partial charge in [-0.2, -0.15) is 0 Å². The summed E-state index contributed by atoms with van der Waals surface area (Å²) in [5, 5.41) is 10.1. The Morgan fingerprint density at radius 3 is 1.82 bits per heavy atom.